The van der Waals surface area contributed by atoms with Crippen LogP contribution in [-0.2, 0) is 10.0 Å². The van der Waals surface area contributed by atoms with E-state index in [0.29, 0.717) is 10.8 Å². The lowest BCUT2D eigenvalue weighted by Gasteiger charge is -2.16. The number of imidazole rings is 1. The van der Waals surface area contributed by atoms with Crippen LogP contribution in [0.2, 0.25) is 5.02 Å². The monoisotopic (exact) mass is 315 g/mol. The molecule has 1 aromatic carbocycles. The first-order chi connectivity index (χ1) is 9.50. The van der Waals surface area contributed by atoms with E-state index in [-0.39, 0.29) is 18.2 Å². The van der Waals surface area contributed by atoms with E-state index < -0.39 is 10.0 Å². The molecule has 20 heavy (non-hydrogen) atoms. The van der Waals surface area contributed by atoms with Crippen LogP contribution in [0, 0.1) is 0 Å². The van der Waals surface area contributed by atoms with Crippen LogP contribution < -0.4 is 4.74 Å². The topological polar surface area (TPSA) is 75.3 Å². The number of ether oxygens (including phenoxy) is 1. The van der Waals surface area contributed by atoms with Gasteiger partial charge in [-0.3, -0.25) is 0 Å². The smallest absolute Gasteiger partial charge is 0.259 e. The van der Waals surface area contributed by atoms with E-state index in [4.69, 9.17) is 16.3 Å². The molecule has 6 nitrogen and oxygen atoms in total. The van der Waals surface area contributed by atoms with Crippen molar-refractivity contribution >= 4 is 21.6 Å². The molecule has 2 aromatic rings. The average molecular weight is 316 g/mol. The minimum atomic E-state index is -3.54. The second-order valence-electron chi connectivity index (χ2n) is 4.04. The SMILES string of the molecule is CN(CCOc1ccc(Cl)cc1)S(=O)(=O)c1cnc[nH]1. The quantitative estimate of drug-likeness (QED) is 0.881. The molecule has 1 aromatic heterocycles. The molecule has 0 radical (unpaired) electrons. The van der Waals surface area contributed by atoms with E-state index >= 15 is 0 Å². The number of hydrogen-bond donors (Lipinski definition) is 1. The van der Waals surface area contributed by atoms with Gasteiger partial charge in [0.15, 0.2) is 5.03 Å². The van der Waals surface area contributed by atoms with Gasteiger partial charge in [-0.05, 0) is 24.3 Å². The van der Waals surface area contributed by atoms with Gasteiger partial charge >= 0.3 is 0 Å². The Hall–Kier alpha value is -1.57. The number of halogens is 1. The van der Waals surface area contributed by atoms with Gasteiger partial charge < -0.3 is 9.72 Å². The zero-order valence-electron chi connectivity index (χ0n) is 10.8. The Morgan fingerprint density at radius 2 is 2.05 bits per heavy atom. The number of hydrogen-bond acceptors (Lipinski definition) is 4. The molecule has 0 amide bonds. The fourth-order valence-electron chi connectivity index (χ4n) is 1.50. The largest absolute Gasteiger partial charge is 0.492 e. The van der Waals surface area contributed by atoms with Gasteiger partial charge in [0.1, 0.15) is 12.4 Å². The molecule has 0 fully saturated rings. The predicted octanol–water partition coefficient (Wildman–Crippen LogP) is 1.76. The van der Waals surface area contributed by atoms with E-state index in [1.54, 1.807) is 24.3 Å². The van der Waals surface area contributed by atoms with E-state index in [1.165, 1.54) is 23.9 Å². The highest BCUT2D eigenvalue weighted by Crippen LogP contribution is 2.16. The van der Waals surface area contributed by atoms with Gasteiger partial charge in [0.25, 0.3) is 10.0 Å². The molecule has 0 aliphatic carbocycles. The van der Waals surface area contributed by atoms with Crippen LogP contribution in [0.25, 0.3) is 0 Å². The Morgan fingerprint density at radius 3 is 2.65 bits per heavy atom. The first kappa shape index (κ1) is 14.8. The van der Waals surface area contributed by atoms with Crippen molar-refractivity contribution in [1.29, 1.82) is 0 Å². The van der Waals surface area contributed by atoms with Gasteiger partial charge in [-0.25, -0.2) is 13.4 Å². The molecule has 2 rings (SSSR count). The lowest BCUT2D eigenvalue weighted by molar-refractivity contribution is 0.286. The van der Waals surface area contributed by atoms with Crippen molar-refractivity contribution in [3.8, 4) is 5.75 Å². The van der Waals surface area contributed by atoms with Crippen molar-refractivity contribution in [2.75, 3.05) is 20.2 Å². The van der Waals surface area contributed by atoms with Gasteiger partial charge in [0, 0.05) is 18.6 Å². The van der Waals surface area contributed by atoms with Gasteiger partial charge in [-0.15, -0.1) is 0 Å². The molecule has 0 saturated carbocycles. The number of aromatic nitrogens is 2. The van der Waals surface area contributed by atoms with Crippen molar-refractivity contribution in [2.24, 2.45) is 0 Å². The highest BCUT2D eigenvalue weighted by atomic mass is 35.5. The Morgan fingerprint density at radius 1 is 1.35 bits per heavy atom. The Bertz CT molecular complexity index is 641. The fraction of sp³-hybridized carbons (Fsp3) is 0.250. The van der Waals surface area contributed by atoms with Crippen molar-refractivity contribution in [1.82, 2.24) is 14.3 Å². The fourth-order valence-corrected chi connectivity index (χ4v) is 2.67. The van der Waals surface area contributed by atoms with E-state index in [0.717, 1.165) is 0 Å². The molecule has 0 atom stereocenters. The first-order valence-electron chi connectivity index (χ1n) is 5.83. The maximum absolute atomic E-state index is 12.1. The number of nitrogens with zero attached hydrogens (tertiary/aromatic N) is 2. The summed E-state index contributed by atoms with van der Waals surface area (Å²) in [6.07, 6.45) is 2.59. The summed E-state index contributed by atoms with van der Waals surface area (Å²) in [7, 11) is -2.06. The van der Waals surface area contributed by atoms with Crippen molar-refractivity contribution in [3.05, 3.63) is 41.8 Å². The Kier molecular flexibility index (Phi) is 4.64. The minimum Gasteiger partial charge on any atom is -0.492 e. The van der Waals surface area contributed by atoms with Gasteiger partial charge in [0.2, 0.25) is 0 Å². The lowest BCUT2D eigenvalue weighted by atomic mass is 10.3. The van der Waals surface area contributed by atoms with Gasteiger partial charge in [-0.2, -0.15) is 4.31 Å². The standard InChI is InChI=1S/C12H14ClN3O3S/c1-16(20(17,18)12-8-14-9-15-12)6-7-19-11-4-2-10(13)3-5-11/h2-5,8-9H,6-7H2,1H3,(H,14,15). The van der Waals surface area contributed by atoms with Crippen LogP contribution in [0.1, 0.15) is 0 Å². The zero-order valence-corrected chi connectivity index (χ0v) is 12.4. The summed E-state index contributed by atoms with van der Waals surface area (Å²) in [6.45, 7) is 0.468. The first-order valence-corrected chi connectivity index (χ1v) is 7.65. The number of rotatable bonds is 6. The molecule has 0 unspecified atom stereocenters. The molecular formula is C12H14ClN3O3S. The minimum absolute atomic E-state index is 0.0616. The third-order valence-electron chi connectivity index (χ3n) is 2.65. The van der Waals surface area contributed by atoms with Crippen LogP contribution in [0.5, 0.6) is 5.75 Å². The number of nitrogens with one attached hydrogen (secondary N) is 1. The summed E-state index contributed by atoms with van der Waals surface area (Å²) in [5.74, 6) is 0.640. The number of H-pyrrole nitrogens is 1. The molecule has 0 aliphatic heterocycles. The van der Waals surface area contributed by atoms with E-state index in [2.05, 4.69) is 9.97 Å². The van der Waals surface area contributed by atoms with Crippen LogP contribution in [0.15, 0.2) is 41.8 Å². The molecule has 0 aliphatic rings. The number of likely N-dealkylation sites (N-methyl/N-ethyl adjacent to an activating group) is 1. The van der Waals surface area contributed by atoms with Crippen molar-refractivity contribution in [3.63, 3.8) is 0 Å². The molecule has 8 heteroatoms. The van der Waals surface area contributed by atoms with Crippen LogP contribution >= 0.6 is 11.6 Å². The zero-order chi connectivity index (χ0) is 14.6. The summed E-state index contributed by atoms with van der Waals surface area (Å²) in [5, 5.41) is 0.683. The van der Waals surface area contributed by atoms with Crippen LogP contribution in [0.3, 0.4) is 0 Å². The number of aromatic amines is 1. The second-order valence-corrected chi connectivity index (χ2v) is 6.49. The molecule has 1 N–H and O–H groups in total. The highest BCUT2D eigenvalue weighted by molar-refractivity contribution is 7.89. The molecule has 1 heterocycles. The molecule has 0 saturated heterocycles. The second kappa shape index (κ2) is 6.25. The molecule has 0 spiro atoms. The summed E-state index contributed by atoms with van der Waals surface area (Å²) in [4.78, 5) is 6.28. The summed E-state index contributed by atoms with van der Waals surface area (Å²) < 4.78 is 30.8. The molecule has 108 valence electrons. The third kappa shape index (κ3) is 3.50. The van der Waals surface area contributed by atoms with E-state index in [1.807, 2.05) is 0 Å². The summed E-state index contributed by atoms with van der Waals surface area (Å²) in [6, 6.07) is 6.88. The summed E-state index contributed by atoms with van der Waals surface area (Å²) >= 11 is 5.76. The predicted molar refractivity (Wildman–Crippen MR) is 75.4 cm³/mol. The number of sulfonamides is 1. The average Bonchev–Trinajstić information content (AvgIpc) is 2.95. The van der Waals surface area contributed by atoms with Gasteiger partial charge in [0.05, 0.1) is 12.5 Å². The van der Waals surface area contributed by atoms with Crippen LogP contribution in [0.4, 0.5) is 0 Å². The van der Waals surface area contributed by atoms with Crippen LogP contribution in [-0.4, -0.2) is 42.9 Å². The van der Waals surface area contributed by atoms with Gasteiger partial charge in [-0.1, -0.05) is 11.6 Å². The van der Waals surface area contributed by atoms with Crippen molar-refractivity contribution in [2.45, 2.75) is 5.03 Å². The molecular weight excluding hydrogens is 302 g/mol. The highest BCUT2D eigenvalue weighted by Gasteiger charge is 2.21. The number of benzene rings is 1. The normalized spacial score (nSPS) is 11.8. The molecule has 0 bridgehead atoms. The lowest BCUT2D eigenvalue weighted by Crippen LogP contribution is -2.31. The third-order valence-corrected chi connectivity index (χ3v) is 4.68. The Labute approximate surface area is 122 Å². The van der Waals surface area contributed by atoms with Crippen molar-refractivity contribution < 1.29 is 13.2 Å². The maximum Gasteiger partial charge on any atom is 0.259 e. The van der Waals surface area contributed by atoms with E-state index in [9.17, 15) is 8.42 Å². The maximum atomic E-state index is 12.1. The Balaban J connectivity index is 1.89. The summed E-state index contributed by atoms with van der Waals surface area (Å²) in [5.41, 5.74) is 0.